The van der Waals surface area contributed by atoms with Gasteiger partial charge in [0.25, 0.3) is 0 Å². The average molecular weight is 338 g/mol. The molecule has 1 heterocycles. The summed E-state index contributed by atoms with van der Waals surface area (Å²) in [6, 6.07) is 8.08. The van der Waals surface area contributed by atoms with Crippen molar-refractivity contribution in [3.63, 3.8) is 0 Å². The number of rotatable bonds is 2. The van der Waals surface area contributed by atoms with Gasteiger partial charge in [-0.05, 0) is 30.4 Å². The standard InChI is InChI=1S/C18H17F3O3/c19-18(20,21)6-5-14(22)24-16-15-13(10-23-15)9-17(16)7-11-3-1-2-4-12(11)8-17/h1-6,13,15-16H,7-10H2/b6-5+/t13?,15-,16-/m1/s1. The van der Waals surface area contributed by atoms with Crippen LogP contribution in [0.1, 0.15) is 17.5 Å². The van der Waals surface area contributed by atoms with E-state index in [1.54, 1.807) is 0 Å². The third-order valence-electron chi connectivity index (χ3n) is 5.39. The van der Waals surface area contributed by atoms with E-state index in [4.69, 9.17) is 9.47 Å². The molecule has 1 aliphatic heterocycles. The van der Waals surface area contributed by atoms with Gasteiger partial charge in [-0.3, -0.25) is 0 Å². The largest absolute Gasteiger partial charge is 0.456 e. The second-order valence-electron chi connectivity index (χ2n) is 6.98. The van der Waals surface area contributed by atoms with E-state index in [1.165, 1.54) is 11.1 Å². The van der Waals surface area contributed by atoms with Gasteiger partial charge in [-0.15, -0.1) is 0 Å². The molecule has 4 rings (SSSR count). The van der Waals surface area contributed by atoms with Gasteiger partial charge < -0.3 is 9.47 Å². The zero-order chi connectivity index (χ0) is 16.9. The maximum atomic E-state index is 12.2. The summed E-state index contributed by atoms with van der Waals surface area (Å²) in [6.07, 6.45) is -2.39. The minimum Gasteiger partial charge on any atom is -0.456 e. The van der Waals surface area contributed by atoms with Gasteiger partial charge in [0, 0.05) is 23.5 Å². The second-order valence-corrected chi connectivity index (χ2v) is 6.98. The fraction of sp³-hybridized carbons (Fsp3) is 0.500. The summed E-state index contributed by atoms with van der Waals surface area (Å²) in [7, 11) is 0. The fourth-order valence-electron chi connectivity index (χ4n) is 4.43. The van der Waals surface area contributed by atoms with Crippen LogP contribution in [0.4, 0.5) is 13.2 Å². The molecule has 0 bridgehead atoms. The van der Waals surface area contributed by atoms with Crippen LogP contribution in [0.3, 0.4) is 0 Å². The minimum atomic E-state index is -4.52. The number of benzene rings is 1. The van der Waals surface area contributed by atoms with Gasteiger partial charge in [0.2, 0.25) is 0 Å². The molecular weight excluding hydrogens is 321 g/mol. The number of fused-ring (bicyclic) bond motifs is 2. The maximum absolute atomic E-state index is 12.2. The zero-order valence-electron chi connectivity index (χ0n) is 12.9. The van der Waals surface area contributed by atoms with Crippen LogP contribution >= 0.6 is 0 Å². The van der Waals surface area contributed by atoms with Crippen LogP contribution in [-0.4, -0.2) is 31.0 Å². The molecule has 2 fully saturated rings. The number of hydrogen-bond donors (Lipinski definition) is 0. The molecule has 1 unspecified atom stereocenters. The molecule has 24 heavy (non-hydrogen) atoms. The highest BCUT2D eigenvalue weighted by Crippen LogP contribution is 2.56. The highest BCUT2D eigenvalue weighted by molar-refractivity contribution is 5.82. The van der Waals surface area contributed by atoms with Gasteiger partial charge in [0.15, 0.2) is 0 Å². The Balaban J connectivity index is 1.55. The summed E-state index contributed by atoms with van der Waals surface area (Å²) in [5.74, 6) is -0.632. The van der Waals surface area contributed by atoms with Crippen LogP contribution in [0.5, 0.6) is 0 Å². The molecule has 3 atom stereocenters. The normalized spacial score (nSPS) is 30.2. The van der Waals surface area contributed by atoms with E-state index in [0.717, 1.165) is 19.3 Å². The zero-order valence-corrected chi connectivity index (χ0v) is 12.9. The minimum absolute atomic E-state index is 0.0839. The first kappa shape index (κ1) is 15.7. The van der Waals surface area contributed by atoms with Crippen LogP contribution in [0.2, 0.25) is 0 Å². The van der Waals surface area contributed by atoms with Gasteiger partial charge in [0.1, 0.15) is 12.2 Å². The Kier molecular flexibility index (Phi) is 3.49. The Morgan fingerprint density at radius 2 is 1.92 bits per heavy atom. The monoisotopic (exact) mass is 338 g/mol. The quantitative estimate of drug-likeness (QED) is 0.614. The molecule has 3 aliphatic rings. The molecular formula is C18H17F3O3. The van der Waals surface area contributed by atoms with E-state index in [1.807, 2.05) is 12.1 Å². The lowest BCUT2D eigenvalue weighted by Gasteiger charge is -2.36. The van der Waals surface area contributed by atoms with E-state index in [9.17, 15) is 18.0 Å². The Hall–Kier alpha value is -1.82. The highest BCUT2D eigenvalue weighted by Gasteiger charge is 2.61. The van der Waals surface area contributed by atoms with Crippen molar-refractivity contribution in [2.24, 2.45) is 11.3 Å². The Labute approximate surface area is 137 Å². The molecule has 3 nitrogen and oxygen atoms in total. The Bertz CT molecular complexity index is 670. The first-order chi connectivity index (χ1) is 11.4. The molecule has 0 N–H and O–H groups in total. The third kappa shape index (κ3) is 2.62. The van der Waals surface area contributed by atoms with Crippen molar-refractivity contribution in [3.8, 4) is 0 Å². The molecule has 1 saturated heterocycles. The summed E-state index contributed by atoms with van der Waals surface area (Å²) in [4.78, 5) is 11.9. The van der Waals surface area contributed by atoms with Gasteiger partial charge in [-0.25, -0.2) is 4.79 Å². The lowest BCUT2D eigenvalue weighted by Crippen LogP contribution is -2.47. The second kappa shape index (κ2) is 5.34. The van der Waals surface area contributed by atoms with Gasteiger partial charge in [-0.1, -0.05) is 24.3 Å². The molecule has 1 spiro atoms. The number of halogens is 3. The summed E-state index contributed by atoms with van der Waals surface area (Å²) in [5.41, 5.74) is 2.20. The topological polar surface area (TPSA) is 35.5 Å². The van der Waals surface area contributed by atoms with E-state index in [-0.39, 0.29) is 17.6 Å². The number of ether oxygens (including phenoxy) is 2. The van der Waals surface area contributed by atoms with Crippen molar-refractivity contribution in [2.45, 2.75) is 37.6 Å². The Morgan fingerprint density at radius 3 is 2.46 bits per heavy atom. The van der Waals surface area contributed by atoms with E-state index in [0.29, 0.717) is 18.6 Å². The predicted octanol–water partition coefficient (Wildman–Crippen LogP) is 3.22. The lowest BCUT2D eigenvalue weighted by molar-refractivity contribution is -0.177. The van der Waals surface area contributed by atoms with Crippen molar-refractivity contribution in [1.29, 1.82) is 0 Å². The highest BCUT2D eigenvalue weighted by atomic mass is 19.4. The number of hydrogen-bond acceptors (Lipinski definition) is 3. The van der Waals surface area contributed by atoms with Crippen molar-refractivity contribution in [2.75, 3.05) is 6.61 Å². The summed E-state index contributed by atoms with van der Waals surface area (Å²) < 4.78 is 47.7. The van der Waals surface area contributed by atoms with Crippen molar-refractivity contribution in [3.05, 3.63) is 47.5 Å². The summed E-state index contributed by atoms with van der Waals surface area (Å²) in [5, 5.41) is 0. The van der Waals surface area contributed by atoms with Crippen LogP contribution in [0.15, 0.2) is 36.4 Å². The molecule has 1 aromatic rings. The number of esters is 1. The van der Waals surface area contributed by atoms with Crippen LogP contribution in [0.25, 0.3) is 0 Å². The van der Waals surface area contributed by atoms with Crippen LogP contribution < -0.4 is 0 Å². The predicted molar refractivity (Wildman–Crippen MR) is 79.2 cm³/mol. The molecule has 128 valence electrons. The van der Waals surface area contributed by atoms with Gasteiger partial charge >= 0.3 is 12.1 Å². The van der Waals surface area contributed by atoms with E-state index >= 15 is 0 Å². The molecule has 1 saturated carbocycles. The SMILES string of the molecule is O=C(/C=C/C(F)(F)F)O[C@@H]1[C@@H]2OCC2CC12Cc1ccccc1C2. The number of carbonyl (C=O) groups is 1. The maximum Gasteiger partial charge on any atom is 0.410 e. The van der Waals surface area contributed by atoms with Crippen LogP contribution in [0, 0.1) is 11.3 Å². The summed E-state index contributed by atoms with van der Waals surface area (Å²) in [6.45, 7) is 0.634. The van der Waals surface area contributed by atoms with E-state index in [2.05, 4.69) is 12.1 Å². The van der Waals surface area contributed by atoms with Crippen LogP contribution in [-0.2, 0) is 27.1 Å². The summed E-state index contributed by atoms with van der Waals surface area (Å²) >= 11 is 0. The lowest BCUT2D eigenvalue weighted by atomic mass is 9.80. The van der Waals surface area contributed by atoms with Gasteiger partial charge in [-0.2, -0.15) is 13.2 Å². The molecule has 2 aliphatic carbocycles. The van der Waals surface area contributed by atoms with Gasteiger partial charge in [0.05, 0.1) is 6.61 Å². The number of allylic oxidation sites excluding steroid dienone is 1. The molecule has 0 radical (unpaired) electrons. The van der Waals surface area contributed by atoms with Crippen molar-refractivity contribution in [1.82, 2.24) is 0 Å². The Morgan fingerprint density at radius 1 is 1.25 bits per heavy atom. The van der Waals surface area contributed by atoms with Crippen molar-refractivity contribution >= 4 is 5.97 Å². The number of alkyl halides is 3. The fourth-order valence-corrected chi connectivity index (χ4v) is 4.43. The first-order valence-corrected chi connectivity index (χ1v) is 8.01. The average Bonchev–Trinajstić information content (AvgIpc) is 2.95. The van der Waals surface area contributed by atoms with E-state index < -0.39 is 18.2 Å². The van der Waals surface area contributed by atoms with Crippen molar-refractivity contribution < 1.29 is 27.4 Å². The molecule has 1 aromatic carbocycles. The molecule has 0 amide bonds. The smallest absolute Gasteiger partial charge is 0.410 e. The number of carbonyl (C=O) groups excluding carboxylic acids is 1. The first-order valence-electron chi connectivity index (χ1n) is 8.01. The molecule has 6 heteroatoms. The third-order valence-corrected chi connectivity index (χ3v) is 5.39. The molecule has 0 aromatic heterocycles.